The number of carbonyl (C=O) groups is 1. The first-order chi connectivity index (χ1) is 8.47. The number of hydrogen-bond donors (Lipinski definition) is 1. The van der Waals surface area contributed by atoms with Crippen molar-refractivity contribution in [3.05, 3.63) is 50.1 Å². The molecule has 0 bridgehead atoms. The van der Waals surface area contributed by atoms with E-state index in [9.17, 15) is 14.0 Å². The lowest BCUT2D eigenvalue weighted by Crippen LogP contribution is -2.19. The number of hydrogen-bond acceptors (Lipinski definition) is 4. The molecule has 2 aromatic heterocycles. The molecule has 0 aromatic carbocycles. The summed E-state index contributed by atoms with van der Waals surface area (Å²) in [4.78, 5) is 26.5. The summed E-state index contributed by atoms with van der Waals surface area (Å²) in [6, 6.07) is 2.20. The second-order valence-corrected chi connectivity index (χ2v) is 4.72. The highest BCUT2D eigenvalue weighted by Gasteiger charge is 2.14. The van der Waals surface area contributed by atoms with Crippen LogP contribution in [0, 0.1) is 12.7 Å². The molecule has 0 aliphatic rings. The lowest BCUT2D eigenvalue weighted by atomic mass is 10.4. The van der Waals surface area contributed by atoms with E-state index in [0.29, 0.717) is 10.7 Å². The van der Waals surface area contributed by atoms with Gasteiger partial charge in [-0.3, -0.25) is 4.79 Å². The zero-order valence-electron chi connectivity index (χ0n) is 9.38. The number of thiazole rings is 1. The summed E-state index contributed by atoms with van der Waals surface area (Å²) in [6.45, 7) is 1.65. The van der Waals surface area contributed by atoms with E-state index in [4.69, 9.17) is 5.11 Å². The van der Waals surface area contributed by atoms with Gasteiger partial charge in [-0.15, -0.1) is 11.3 Å². The van der Waals surface area contributed by atoms with Crippen molar-refractivity contribution in [2.75, 3.05) is 0 Å². The van der Waals surface area contributed by atoms with Crippen LogP contribution in [-0.4, -0.2) is 20.6 Å². The van der Waals surface area contributed by atoms with Gasteiger partial charge < -0.3 is 9.67 Å². The van der Waals surface area contributed by atoms with Crippen molar-refractivity contribution in [2.24, 2.45) is 0 Å². The Kier molecular flexibility index (Phi) is 3.24. The van der Waals surface area contributed by atoms with E-state index in [-0.39, 0.29) is 17.0 Å². The number of carboxylic acid groups (broad SMARTS) is 1. The summed E-state index contributed by atoms with van der Waals surface area (Å²) in [6.07, 6.45) is 1.07. The average Bonchev–Trinajstić information content (AvgIpc) is 2.65. The van der Waals surface area contributed by atoms with Gasteiger partial charge >= 0.3 is 5.97 Å². The summed E-state index contributed by atoms with van der Waals surface area (Å²) in [5, 5.41) is 9.34. The van der Waals surface area contributed by atoms with Crippen molar-refractivity contribution >= 4 is 17.3 Å². The van der Waals surface area contributed by atoms with Crippen LogP contribution in [0.4, 0.5) is 4.39 Å². The fourth-order valence-corrected chi connectivity index (χ4v) is 2.39. The minimum Gasteiger partial charge on any atom is -0.477 e. The predicted molar refractivity (Wildman–Crippen MR) is 63.6 cm³/mol. The lowest BCUT2D eigenvalue weighted by molar-refractivity contribution is 0.0701. The maximum Gasteiger partial charge on any atom is 0.347 e. The zero-order chi connectivity index (χ0) is 13.3. The summed E-state index contributed by atoms with van der Waals surface area (Å²) < 4.78 is 14.1. The van der Waals surface area contributed by atoms with Gasteiger partial charge in [-0.1, -0.05) is 0 Å². The minimum absolute atomic E-state index is 0.0649. The zero-order valence-corrected chi connectivity index (χ0v) is 10.2. The van der Waals surface area contributed by atoms with Crippen LogP contribution in [0.25, 0.3) is 0 Å². The van der Waals surface area contributed by atoms with Crippen molar-refractivity contribution in [3.63, 3.8) is 0 Å². The van der Waals surface area contributed by atoms with E-state index in [2.05, 4.69) is 4.98 Å². The molecule has 0 amide bonds. The molecule has 2 rings (SSSR count). The first-order valence-corrected chi connectivity index (χ1v) is 5.84. The van der Waals surface area contributed by atoms with Crippen molar-refractivity contribution in [1.29, 1.82) is 0 Å². The molecule has 0 unspecified atom stereocenters. The number of rotatable bonds is 3. The van der Waals surface area contributed by atoms with E-state index in [1.165, 1.54) is 0 Å². The highest BCUT2D eigenvalue weighted by atomic mass is 32.1. The number of halogens is 1. The van der Waals surface area contributed by atoms with Crippen LogP contribution >= 0.6 is 11.3 Å². The summed E-state index contributed by atoms with van der Waals surface area (Å²) in [7, 11) is 0. The minimum atomic E-state index is -1.05. The van der Waals surface area contributed by atoms with Gasteiger partial charge in [0.25, 0.3) is 5.56 Å². The molecule has 0 fully saturated rings. The van der Waals surface area contributed by atoms with Gasteiger partial charge in [0.05, 0.1) is 12.2 Å². The second-order valence-electron chi connectivity index (χ2n) is 3.64. The topological polar surface area (TPSA) is 72.2 Å². The molecule has 2 heterocycles. The molecule has 0 atom stereocenters. The normalized spacial score (nSPS) is 10.6. The fraction of sp³-hybridized carbons (Fsp3) is 0.182. The van der Waals surface area contributed by atoms with Gasteiger partial charge in [0.15, 0.2) is 0 Å². The van der Waals surface area contributed by atoms with E-state index in [1.807, 2.05) is 0 Å². The molecular formula is C11H9FN2O3S. The van der Waals surface area contributed by atoms with E-state index >= 15 is 0 Å². The number of nitrogens with zero attached hydrogens (tertiary/aromatic N) is 2. The number of aryl methyl sites for hydroxylation is 1. The maximum absolute atomic E-state index is 13.0. The van der Waals surface area contributed by atoms with E-state index < -0.39 is 11.8 Å². The molecule has 2 aromatic rings. The Bertz CT molecular complexity index is 663. The molecule has 18 heavy (non-hydrogen) atoms. The number of pyridine rings is 1. The number of aromatic nitrogens is 2. The van der Waals surface area contributed by atoms with Gasteiger partial charge in [0, 0.05) is 12.3 Å². The Morgan fingerprint density at radius 3 is 2.89 bits per heavy atom. The Balaban J connectivity index is 2.34. The Morgan fingerprint density at radius 2 is 2.28 bits per heavy atom. The van der Waals surface area contributed by atoms with Gasteiger partial charge in [-0.25, -0.2) is 14.2 Å². The van der Waals surface area contributed by atoms with Crippen LogP contribution in [0.2, 0.25) is 0 Å². The second kappa shape index (κ2) is 4.69. The average molecular weight is 268 g/mol. The highest BCUT2D eigenvalue weighted by molar-refractivity contribution is 7.13. The molecule has 0 saturated heterocycles. The quantitative estimate of drug-likeness (QED) is 0.915. The van der Waals surface area contributed by atoms with Crippen molar-refractivity contribution in [3.8, 4) is 0 Å². The summed E-state index contributed by atoms with van der Waals surface area (Å²) >= 11 is 0.984. The molecule has 5 nitrogen and oxygen atoms in total. The molecular weight excluding hydrogens is 259 g/mol. The smallest absolute Gasteiger partial charge is 0.347 e. The van der Waals surface area contributed by atoms with Crippen LogP contribution in [0.1, 0.15) is 20.4 Å². The molecule has 94 valence electrons. The largest absolute Gasteiger partial charge is 0.477 e. The van der Waals surface area contributed by atoms with Crippen molar-refractivity contribution in [2.45, 2.75) is 13.5 Å². The number of aromatic carboxylic acids is 1. The molecule has 7 heteroatoms. The Hall–Kier alpha value is -2.02. The van der Waals surface area contributed by atoms with Crippen molar-refractivity contribution < 1.29 is 14.3 Å². The first-order valence-electron chi connectivity index (χ1n) is 5.03. The molecule has 1 N–H and O–H groups in total. The molecule has 0 aliphatic heterocycles. The van der Waals surface area contributed by atoms with Gasteiger partial charge in [0.2, 0.25) is 0 Å². The van der Waals surface area contributed by atoms with E-state index in [1.54, 1.807) is 6.92 Å². The van der Waals surface area contributed by atoms with Crippen LogP contribution in [-0.2, 0) is 6.54 Å². The Morgan fingerprint density at radius 1 is 1.56 bits per heavy atom. The van der Waals surface area contributed by atoms with Gasteiger partial charge in [-0.05, 0) is 13.0 Å². The van der Waals surface area contributed by atoms with Crippen LogP contribution in [0.5, 0.6) is 0 Å². The lowest BCUT2D eigenvalue weighted by Gasteiger charge is -2.01. The Labute approximate surface area is 105 Å². The third kappa shape index (κ3) is 2.45. The SMILES string of the molecule is Cc1nc(Cn2cc(F)ccc2=O)sc1C(=O)O. The van der Waals surface area contributed by atoms with Crippen LogP contribution in [0.3, 0.4) is 0 Å². The van der Waals surface area contributed by atoms with Crippen LogP contribution < -0.4 is 5.56 Å². The van der Waals surface area contributed by atoms with Crippen LogP contribution in [0.15, 0.2) is 23.1 Å². The third-order valence-corrected chi connectivity index (χ3v) is 3.42. The van der Waals surface area contributed by atoms with Gasteiger partial charge in [-0.2, -0.15) is 0 Å². The summed E-state index contributed by atoms with van der Waals surface area (Å²) in [5.74, 6) is -1.58. The monoisotopic (exact) mass is 268 g/mol. The third-order valence-electron chi connectivity index (χ3n) is 2.29. The highest BCUT2D eigenvalue weighted by Crippen LogP contribution is 2.18. The fourth-order valence-electron chi connectivity index (χ4n) is 1.49. The number of carboxylic acids is 1. The maximum atomic E-state index is 13.0. The molecule has 0 saturated carbocycles. The van der Waals surface area contributed by atoms with Gasteiger partial charge in [0.1, 0.15) is 15.7 Å². The summed E-state index contributed by atoms with van der Waals surface area (Å²) in [5.41, 5.74) is 0.0353. The predicted octanol–water partition coefficient (Wildman–Crippen LogP) is 1.50. The standard InChI is InChI=1S/C11H9FN2O3S/c1-6-10(11(16)17)18-8(13-6)5-14-4-7(12)2-3-9(14)15/h2-4H,5H2,1H3,(H,16,17). The molecule has 0 radical (unpaired) electrons. The first kappa shape index (κ1) is 12.4. The van der Waals surface area contributed by atoms with E-state index in [0.717, 1.165) is 34.2 Å². The molecule has 0 aliphatic carbocycles. The molecule has 0 spiro atoms. The van der Waals surface area contributed by atoms with Crippen molar-refractivity contribution in [1.82, 2.24) is 9.55 Å².